The molecular weight excluding hydrogens is 220 g/mol. The van der Waals surface area contributed by atoms with Gasteiger partial charge >= 0.3 is 0 Å². The van der Waals surface area contributed by atoms with E-state index in [0.29, 0.717) is 0 Å². The van der Waals surface area contributed by atoms with Crippen LogP contribution in [0.4, 0.5) is 0 Å². The Labute approximate surface area is 110 Å². The van der Waals surface area contributed by atoms with Crippen LogP contribution in [0, 0.1) is 0 Å². The van der Waals surface area contributed by atoms with Gasteiger partial charge in [-0.1, -0.05) is 31.5 Å². The summed E-state index contributed by atoms with van der Waals surface area (Å²) in [7, 11) is 0. The molecule has 2 nitrogen and oxygen atoms in total. The molecule has 1 atom stereocenters. The fourth-order valence-electron chi connectivity index (χ4n) is 3.41. The van der Waals surface area contributed by atoms with Crippen molar-refractivity contribution in [3.05, 3.63) is 34.9 Å². The predicted molar refractivity (Wildman–Crippen MR) is 75.3 cm³/mol. The lowest BCUT2D eigenvalue weighted by atomic mass is 9.98. The van der Waals surface area contributed by atoms with Gasteiger partial charge in [-0.3, -0.25) is 4.90 Å². The minimum atomic E-state index is 0.810. The van der Waals surface area contributed by atoms with Crippen LogP contribution >= 0.6 is 0 Å². The Morgan fingerprint density at radius 3 is 3.00 bits per heavy atom. The molecule has 3 rings (SSSR count). The number of hydrogen-bond acceptors (Lipinski definition) is 2. The number of hydrogen-bond donors (Lipinski definition) is 1. The molecule has 0 aliphatic carbocycles. The van der Waals surface area contributed by atoms with E-state index in [4.69, 9.17) is 0 Å². The molecule has 0 bridgehead atoms. The minimum Gasteiger partial charge on any atom is -0.309 e. The zero-order valence-electron chi connectivity index (χ0n) is 11.4. The van der Waals surface area contributed by atoms with Gasteiger partial charge in [0.2, 0.25) is 0 Å². The maximum Gasteiger partial charge on any atom is 0.0236 e. The van der Waals surface area contributed by atoms with Gasteiger partial charge < -0.3 is 5.32 Å². The van der Waals surface area contributed by atoms with Crippen molar-refractivity contribution < 1.29 is 0 Å². The van der Waals surface area contributed by atoms with Crippen molar-refractivity contribution in [3.63, 3.8) is 0 Å². The lowest BCUT2D eigenvalue weighted by molar-refractivity contribution is 0.136. The van der Waals surface area contributed by atoms with Crippen molar-refractivity contribution >= 4 is 0 Å². The molecule has 1 N–H and O–H groups in total. The summed E-state index contributed by atoms with van der Waals surface area (Å²) in [4.78, 5) is 2.69. The van der Waals surface area contributed by atoms with Crippen molar-refractivity contribution in [1.82, 2.24) is 10.2 Å². The quantitative estimate of drug-likeness (QED) is 0.879. The van der Waals surface area contributed by atoms with E-state index in [1.165, 1.54) is 48.9 Å². The molecule has 1 aromatic carbocycles. The summed E-state index contributed by atoms with van der Waals surface area (Å²) < 4.78 is 0. The molecule has 98 valence electrons. The van der Waals surface area contributed by atoms with Crippen LogP contribution in [-0.4, -0.2) is 17.5 Å². The molecule has 0 radical (unpaired) electrons. The van der Waals surface area contributed by atoms with E-state index in [9.17, 15) is 0 Å². The molecule has 2 heterocycles. The summed E-state index contributed by atoms with van der Waals surface area (Å²) in [5.74, 6) is 0. The van der Waals surface area contributed by atoms with E-state index < -0.39 is 0 Å². The van der Waals surface area contributed by atoms with Gasteiger partial charge in [0.15, 0.2) is 0 Å². The fraction of sp³-hybridized carbons (Fsp3) is 0.625. The van der Waals surface area contributed by atoms with Gasteiger partial charge in [-0.15, -0.1) is 0 Å². The van der Waals surface area contributed by atoms with Gasteiger partial charge in [0.25, 0.3) is 0 Å². The number of fused-ring (bicyclic) bond motifs is 1. The number of nitrogens with zero attached hydrogens (tertiary/aromatic N) is 1. The summed E-state index contributed by atoms with van der Waals surface area (Å²) in [5.41, 5.74) is 4.50. The van der Waals surface area contributed by atoms with E-state index in [1.807, 2.05) is 0 Å². The second-order valence-corrected chi connectivity index (χ2v) is 5.73. The minimum absolute atomic E-state index is 0.810. The molecular formula is C16H24N2. The van der Waals surface area contributed by atoms with Crippen LogP contribution < -0.4 is 5.32 Å². The Morgan fingerprint density at radius 1 is 1.22 bits per heavy atom. The zero-order valence-corrected chi connectivity index (χ0v) is 11.4. The molecule has 2 aliphatic rings. The summed E-state index contributed by atoms with van der Waals surface area (Å²) in [6, 6.07) is 7.87. The number of benzene rings is 1. The summed E-state index contributed by atoms with van der Waals surface area (Å²) in [6.45, 7) is 6.87. The van der Waals surface area contributed by atoms with Crippen molar-refractivity contribution in [2.75, 3.05) is 6.54 Å². The average Bonchev–Trinajstić information content (AvgIpc) is 2.87. The van der Waals surface area contributed by atoms with E-state index in [1.54, 1.807) is 0 Å². The average molecular weight is 244 g/mol. The maximum atomic E-state index is 3.42. The second kappa shape index (κ2) is 5.41. The van der Waals surface area contributed by atoms with E-state index in [2.05, 4.69) is 35.3 Å². The van der Waals surface area contributed by atoms with Crippen molar-refractivity contribution in [1.29, 1.82) is 0 Å². The number of likely N-dealkylation sites (tertiary alicyclic amines) is 1. The van der Waals surface area contributed by atoms with Gasteiger partial charge in [-0.05, 0) is 42.5 Å². The largest absolute Gasteiger partial charge is 0.309 e. The first-order valence-corrected chi connectivity index (χ1v) is 7.42. The molecule has 1 aromatic rings. The highest BCUT2D eigenvalue weighted by Gasteiger charge is 2.21. The van der Waals surface area contributed by atoms with Crippen LogP contribution in [0.1, 0.15) is 49.3 Å². The molecule has 0 saturated carbocycles. The third-order valence-corrected chi connectivity index (χ3v) is 4.51. The monoisotopic (exact) mass is 244 g/mol. The highest BCUT2D eigenvalue weighted by Crippen LogP contribution is 2.23. The molecule has 2 heteroatoms. The first kappa shape index (κ1) is 12.2. The molecule has 0 amide bonds. The van der Waals surface area contributed by atoms with Gasteiger partial charge in [0.1, 0.15) is 0 Å². The lowest BCUT2D eigenvalue weighted by Gasteiger charge is -2.35. The summed E-state index contributed by atoms with van der Waals surface area (Å²) in [5, 5.41) is 3.42. The predicted octanol–water partition coefficient (Wildman–Crippen LogP) is 3.05. The third-order valence-electron chi connectivity index (χ3n) is 4.51. The standard InChI is InChI=1S/C16H24N2/c1-2-16-5-3-4-8-18(16)12-13-6-7-14-10-17-11-15(14)9-13/h6-7,9,16-17H,2-5,8,10-12H2,1H3. The Balaban J connectivity index is 1.71. The maximum absolute atomic E-state index is 3.42. The van der Waals surface area contributed by atoms with Crippen LogP contribution in [0.3, 0.4) is 0 Å². The van der Waals surface area contributed by atoms with Crippen LogP contribution in [-0.2, 0) is 19.6 Å². The molecule has 1 fully saturated rings. The van der Waals surface area contributed by atoms with Gasteiger partial charge in [0, 0.05) is 25.7 Å². The molecule has 1 saturated heterocycles. The third kappa shape index (κ3) is 2.45. The first-order valence-electron chi connectivity index (χ1n) is 7.42. The molecule has 0 spiro atoms. The Morgan fingerprint density at radius 2 is 2.11 bits per heavy atom. The van der Waals surface area contributed by atoms with Crippen LogP contribution in [0.25, 0.3) is 0 Å². The normalized spacial score (nSPS) is 24.2. The highest BCUT2D eigenvalue weighted by atomic mass is 15.2. The fourth-order valence-corrected chi connectivity index (χ4v) is 3.41. The Bertz CT molecular complexity index is 414. The number of rotatable bonds is 3. The van der Waals surface area contributed by atoms with Crippen LogP contribution in [0.5, 0.6) is 0 Å². The van der Waals surface area contributed by atoms with Crippen molar-refractivity contribution in [2.45, 2.75) is 58.3 Å². The summed E-state index contributed by atoms with van der Waals surface area (Å²) in [6.07, 6.45) is 5.49. The van der Waals surface area contributed by atoms with Crippen LogP contribution in [0.2, 0.25) is 0 Å². The summed E-state index contributed by atoms with van der Waals surface area (Å²) >= 11 is 0. The molecule has 18 heavy (non-hydrogen) atoms. The van der Waals surface area contributed by atoms with Gasteiger partial charge in [-0.25, -0.2) is 0 Å². The Hall–Kier alpha value is -0.860. The molecule has 2 aliphatic heterocycles. The van der Waals surface area contributed by atoms with Crippen LogP contribution in [0.15, 0.2) is 18.2 Å². The smallest absolute Gasteiger partial charge is 0.0236 e. The van der Waals surface area contributed by atoms with Gasteiger partial charge in [-0.2, -0.15) is 0 Å². The lowest BCUT2D eigenvalue weighted by Crippen LogP contribution is -2.38. The van der Waals surface area contributed by atoms with E-state index in [-0.39, 0.29) is 0 Å². The van der Waals surface area contributed by atoms with E-state index in [0.717, 1.165) is 25.7 Å². The SMILES string of the molecule is CCC1CCCCN1Cc1ccc2c(c1)CNC2. The molecule has 1 unspecified atom stereocenters. The molecule has 0 aromatic heterocycles. The van der Waals surface area contributed by atoms with Crippen molar-refractivity contribution in [3.8, 4) is 0 Å². The second-order valence-electron chi connectivity index (χ2n) is 5.73. The highest BCUT2D eigenvalue weighted by molar-refractivity contribution is 5.34. The van der Waals surface area contributed by atoms with E-state index >= 15 is 0 Å². The number of nitrogens with one attached hydrogen (secondary N) is 1. The number of piperidine rings is 1. The zero-order chi connectivity index (χ0) is 12.4. The topological polar surface area (TPSA) is 15.3 Å². The first-order chi connectivity index (χ1) is 8.86. The Kier molecular flexibility index (Phi) is 3.67. The van der Waals surface area contributed by atoms with Gasteiger partial charge in [0.05, 0.1) is 0 Å². The van der Waals surface area contributed by atoms with Crippen molar-refractivity contribution in [2.24, 2.45) is 0 Å².